The normalized spacial score (nSPS) is 9.90. The van der Waals surface area contributed by atoms with Gasteiger partial charge in [0.1, 0.15) is 5.75 Å². The molecule has 1 amide bonds. The lowest BCUT2D eigenvalue weighted by Gasteiger charge is -2.06. The van der Waals surface area contributed by atoms with Crippen LogP contribution in [0.25, 0.3) is 0 Å². The van der Waals surface area contributed by atoms with Crippen molar-refractivity contribution in [2.45, 2.75) is 0 Å². The SMILES string of the molecule is COc1nc(OC)nc(Oc2ccc(C(N)=O)cc2)n1. The first-order valence-corrected chi connectivity index (χ1v) is 5.54. The molecule has 104 valence electrons. The summed E-state index contributed by atoms with van der Waals surface area (Å²) in [4.78, 5) is 22.6. The maximum Gasteiger partial charge on any atom is 0.331 e. The molecule has 0 aliphatic heterocycles. The van der Waals surface area contributed by atoms with Crippen molar-refractivity contribution in [3.8, 4) is 23.8 Å². The Kier molecular flexibility index (Phi) is 3.94. The Labute approximate surface area is 114 Å². The van der Waals surface area contributed by atoms with Gasteiger partial charge in [0.25, 0.3) is 0 Å². The maximum absolute atomic E-state index is 11.0. The fourth-order valence-electron chi connectivity index (χ4n) is 1.34. The van der Waals surface area contributed by atoms with Gasteiger partial charge in [-0.05, 0) is 24.3 Å². The van der Waals surface area contributed by atoms with Gasteiger partial charge in [-0.1, -0.05) is 0 Å². The van der Waals surface area contributed by atoms with Crippen LogP contribution >= 0.6 is 0 Å². The minimum absolute atomic E-state index is 0.0144. The molecule has 2 aromatic rings. The number of ether oxygens (including phenoxy) is 3. The predicted octanol–water partition coefficient (Wildman–Crippen LogP) is 0.780. The van der Waals surface area contributed by atoms with E-state index in [0.29, 0.717) is 11.3 Å². The van der Waals surface area contributed by atoms with Crippen molar-refractivity contribution in [3.63, 3.8) is 0 Å². The number of rotatable bonds is 5. The fraction of sp³-hybridized carbons (Fsp3) is 0.167. The Bertz CT molecular complexity index is 593. The number of nitrogens with two attached hydrogens (primary N) is 1. The lowest BCUT2D eigenvalue weighted by molar-refractivity contribution is 0.100. The maximum atomic E-state index is 11.0. The molecule has 8 heteroatoms. The highest BCUT2D eigenvalue weighted by Gasteiger charge is 2.09. The minimum Gasteiger partial charge on any atom is -0.467 e. The molecular formula is C12H12N4O4. The van der Waals surface area contributed by atoms with Gasteiger partial charge in [0, 0.05) is 5.56 Å². The van der Waals surface area contributed by atoms with Crippen molar-refractivity contribution in [1.82, 2.24) is 15.0 Å². The molecule has 20 heavy (non-hydrogen) atoms. The van der Waals surface area contributed by atoms with E-state index in [1.165, 1.54) is 26.4 Å². The largest absolute Gasteiger partial charge is 0.467 e. The molecule has 8 nitrogen and oxygen atoms in total. The first-order chi connectivity index (χ1) is 9.62. The lowest BCUT2D eigenvalue weighted by Crippen LogP contribution is -2.10. The van der Waals surface area contributed by atoms with Gasteiger partial charge in [0.15, 0.2) is 0 Å². The van der Waals surface area contributed by atoms with E-state index in [2.05, 4.69) is 15.0 Å². The highest BCUT2D eigenvalue weighted by atomic mass is 16.5. The van der Waals surface area contributed by atoms with E-state index >= 15 is 0 Å². The molecule has 2 N–H and O–H groups in total. The van der Waals surface area contributed by atoms with Gasteiger partial charge in [-0.25, -0.2) is 0 Å². The number of carbonyl (C=O) groups excluding carboxylic acids is 1. The molecule has 0 atom stereocenters. The quantitative estimate of drug-likeness (QED) is 0.859. The number of methoxy groups -OCH3 is 2. The van der Waals surface area contributed by atoms with Crippen molar-refractivity contribution in [1.29, 1.82) is 0 Å². The number of primary amides is 1. The lowest BCUT2D eigenvalue weighted by atomic mass is 10.2. The number of nitrogens with zero attached hydrogens (tertiary/aromatic N) is 3. The van der Waals surface area contributed by atoms with Crippen LogP contribution in [0.2, 0.25) is 0 Å². The van der Waals surface area contributed by atoms with E-state index in [-0.39, 0.29) is 18.0 Å². The molecule has 1 heterocycles. The van der Waals surface area contributed by atoms with Crippen LogP contribution in [0, 0.1) is 0 Å². The van der Waals surface area contributed by atoms with Crippen LogP contribution in [0.5, 0.6) is 23.8 Å². The summed E-state index contributed by atoms with van der Waals surface area (Å²) in [6.07, 6.45) is 0. The molecule has 1 aromatic heterocycles. The van der Waals surface area contributed by atoms with Gasteiger partial charge < -0.3 is 19.9 Å². The van der Waals surface area contributed by atoms with Gasteiger partial charge in [-0.3, -0.25) is 4.79 Å². The molecule has 0 aliphatic carbocycles. The van der Waals surface area contributed by atoms with Gasteiger partial charge in [0.2, 0.25) is 5.91 Å². The van der Waals surface area contributed by atoms with Crippen molar-refractivity contribution in [2.75, 3.05) is 14.2 Å². The molecule has 0 radical (unpaired) electrons. The topological polar surface area (TPSA) is 109 Å². The van der Waals surface area contributed by atoms with Crippen LogP contribution < -0.4 is 19.9 Å². The second-order valence-electron chi connectivity index (χ2n) is 3.58. The zero-order valence-electron chi connectivity index (χ0n) is 10.9. The third-order valence-corrected chi connectivity index (χ3v) is 2.29. The zero-order chi connectivity index (χ0) is 14.5. The van der Waals surface area contributed by atoms with Gasteiger partial charge in [0.05, 0.1) is 14.2 Å². The molecule has 2 rings (SSSR count). The molecular weight excluding hydrogens is 264 g/mol. The van der Waals surface area contributed by atoms with Gasteiger partial charge >= 0.3 is 18.0 Å². The van der Waals surface area contributed by atoms with Crippen molar-refractivity contribution in [3.05, 3.63) is 29.8 Å². The summed E-state index contributed by atoms with van der Waals surface area (Å²) in [6, 6.07) is 6.37. The standard InChI is InChI=1S/C12H12N4O4/c1-18-10-14-11(19-2)16-12(15-10)20-8-5-3-7(4-6-8)9(13)17/h3-6H,1-2H3,(H2,13,17). The van der Waals surface area contributed by atoms with Crippen LogP contribution in [-0.4, -0.2) is 35.1 Å². The molecule has 0 aliphatic rings. The highest BCUT2D eigenvalue weighted by molar-refractivity contribution is 5.92. The number of carbonyl (C=O) groups is 1. The second-order valence-corrected chi connectivity index (χ2v) is 3.58. The number of hydrogen-bond acceptors (Lipinski definition) is 7. The van der Waals surface area contributed by atoms with Crippen molar-refractivity contribution in [2.24, 2.45) is 5.73 Å². The summed E-state index contributed by atoms with van der Waals surface area (Å²) in [5.41, 5.74) is 5.52. The van der Waals surface area contributed by atoms with E-state index in [1.54, 1.807) is 12.1 Å². The van der Waals surface area contributed by atoms with Crippen LogP contribution in [0.1, 0.15) is 10.4 Å². The van der Waals surface area contributed by atoms with E-state index in [1.807, 2.05) is 0 Å². The van der Waals surface area contributed by atoms with Crippen molar-refractivity contribution < 1.29 is 19.0 Å². The molecule has 1 aromatic carbocycles. The van der Waals surface area contributed by atoms with E-state index in [0.717, 1.165) is 0 Å². The zero-order valence-corrected chi connectivity index (χ0v) is 10.9. The summed E-state index contributed by atoms with van der Waals surface area (Å²) in [5.74, 6) is -0.0784. The first kappa shape index (κ1) is 13.5. The van der Waals surface area contributed by atoms with E-state index < -0.39 is 5.91 Å². The summed E-state index contributed by atoms with van der Waals surface area (Å²) in [7, 11) is 2.83. The third-order valence-electron chi connectivity index (χ3n) is 2.29. The van der Waals surface area contributed by atoms with E-state index in [9.17, 15) is 4.79 Å². The summed E-state index contributed by atoms with van der Waals surface area (Å²) < 4.78 is 15.2. The molecule has 0 unspecified atom stereocenters. The van der Waals surface area contributed by atoms with Crippen LogP contribution in [0.3, 0.4) is 0 Å². The monoisotopic (exact) mass is 276 g/mol. The summed E-state index contributed by atoms with van der Waals surface area (Å²) >= 11 is 0. The number of hydrogen-bond donors (Lipinski definition) is 1. The first-order valence-electron chi connectivity index (χ1n) is 5.54. The average molecular weight is 276 g/mol. The van der Waals surface area contributed by atoms with E-state index in [4.69, 9.17) is 19.9 Å². The predicted molar refractivity (Wildman–Crippen MR) is 68.0 cm³/mol. The Hall–Kier alpha value is -2.90. The summed E-state index contributed by atoms with van der Waals surface area (Å²) in [5, 5.41) is 0. The molecule has 0 bridgehead atoms. The Morgan fingerprint density at radius 2 is 1.45 bits per heavy atom. The minimum atomic E-state index is -0.514. The molecule has 0 saturated heterocycles. The van der Waals surface area contributed by atoms with Gasteiger partial charge in [-0.15, -0.1) is 15.0 Å². The third kappa shape index (κ3) is 3.10. The number of amides is 1. The Morgan fingerprint density at radius 1 is 0.950 bits per heavy atom. The van der Waals surface area contributed by atoms with Crippen LogP contribution in [0.15, 0.2) is 24.3 Å². The highest BCUT2D eigenvalue weighted by Crippen LogP contribution is 2.21. The van der Waals surface area contributed by atoms with Crippen LogP contribution in [0.4, 0.5) is 0 Å². The average Bonchev–Trinajstić information content (AvgIpc) is 2.47. The molecule has 0 fully saturated rings. The summed E-state index contributed by atoms with van der Waals surface area (Å²) in [6.45, 7) is 0. The van der Waals surface area contributed by atoms with Crippen LogP contribution in [-0.2, 0) is 0 Å². The Morgan fingerprint density at radius 3 is 1.90 bits per heavy atom. The molecule has 0 saturated carbocycles. The fourth-order valence-corrected chi connectivity index (χ4v) is 1.34. The number of benzene rings is 1. The number of aromatic nitrogens is 3. The second kappa shape index (κ2) is 5.83. The molecule has 0 spiro atoms. The smallest absolute Gasteiger partial charge is 0.331 e. The van der Waals surface area contributed by atoms with Gasteiger partial charge in [-0.2, -0.15) is 0 Å². The van der Waals surface area contributed by atoms with Crippen molar-refractivity contribution >= 4 is 5.91 Å². The Balaban J connectivity index is 2.22.